The molecule has 2 aromatic carbocycles. The van der Waals surface area contributed by atoms with E-state index in [0.29, 0.717) is 0 Å². The summed E-state index contributed by atoms with van der Waals surface area (Å²) in [6.45, 7) is 1.76. The second-order valence-corrected chi connectivity index (χ2v) is 6.92. The SMILES string of the molecule is C#Cc1ccc(CCCCCOCCCCCc2ccc(C#C)cc2)cc1. The van der Waals surface area contributed by atoms with Gasteiger partial charge < -0.3 is 4.74 Å². The Morgan fingerprint density at radius 2 is 0.963 bits per heavy atom. The first-order chi connectivity index (χ1) is 13.3. The number of hydrogen-bond acceptors (Lipinski definition) is 1. The summed E-state index contributed by atoms with van der Waals surface area (Å²) in [7, 11) is 0. The first-order valence-electron chi connectivity index (χ1n) is 10.0. The number of rotatable bonds is 12. The van der Waals surface area contributed by atoms with Gasteiger partial charge in [-0.15, -0.1) is 12.8 Å². The highest BCUT2D eigenvalue weighted by Crippen LogP contribution is 2.10. The predicted octanol–water partition coefficient (Wildman–Crippen LogP) is 5.79. The Bertz CT molecular complexity index is 660. The summed E-state index contributed by atoms with van der Waals surface area (Å²) < 4.78 is 5.75. The maximum absolute atomic E-state index is 5.75. The molecule has 0 radical (unpaired) electrons. The van der Waals surface area contributed by atoms with E-state index in [9.17, 15) is 0 Å². The Morgan fingerprint density at radius 1 is 0.556 bits per heavy atom. The van der Waals surface area contributed by atoms with Gasteiger partial charge in [-0.2, -0.15) is 0 Å². The van der Waals surface area contributed by atoms with Crippen LogP contribution in [0.3, 0.4) is 0 Å². The van der Waals surface area contributed by atoms with Crippen LogP contribution in [-0.4, -0.2) is 13.2 Å². The summed E-state index contributed by atoms with van der Waals surface area (Å²) in [6, 6.07) is 16.6. The minimum atomic E-state index is 0.879. The van der Waals surface area contributed by atoms with Gasteiger partial charge in [0.1, 0.15) is 0 Å². The lowest BCUT2D eigenvalue weighted by Crippen LogP contribution is -1.98. The van der Waals surface area contributed by atoms with E-state index in [0.717, 1.165) is 50.0 Å². The minimum Gasteiger partial charge on any atom is -0.381 e. The second kappa shape index (κ2) is 12.8. The molecule has 0 saturated carbocycles. The van der Waals surface area contributed by atoms with E-state index in [4.69, 9.17) is 17.6 Å². The predicted molar refractivity (Wildman–Crippen MR) is 115 cm³/mol. The molecule has 0 saturated heterocycles. The van der Waals surface area contributed by atoms with E-state index in [1.807, 2.05) is 24.3 Å². The normalized spacial score (nSPS) is 10.3. The fourth-order valence-corrected chi connectivity index (χ4v) is 3.06. The molecule has 1 nitrogen and oxygen atoms in total. The molecule has 140 valence electrons. The maximum atomic E-state index is 5.75. The fraction of sp³-hybridized carbons (Fsp3) is 0.385. The molecule has 2 rings (SSSR count). The number of benzene rings is 2. The van der Waals surface area contributed by atoms with Gasteiger partial charge in [-0.3, -0.25) is 0 Å². The molecule has 0 heterocycles. The van der Waals surface area contributed by atoms with Gasteiger partial charge in [-0.1, -0.05) is 48.9 Å². The van der Waals surface area contributed by atoms with E-state index in [2.05, 4.69) is 36.1 Å². The molecule has 0 aliphatic rings. The molecule has 0 unspecified atom stereocenters. The number of ether oxygens (including phenoxy) is 1. The van der Waals surface area contributed by atoms with Crippen molar-refractivity contribution in [2.75, 3.05) is 13.2 Å². The van der Waals surface area contributed by atoms with Crippen molar-refractivity contribution in [2.24, 2.45) is 0 Å². The number of terminal acetylenes is 2. The standard InChI is InChI=1S/C26H30O/c1-3-23-13-17-25(18-14-23)11-7-5-9-21-27-22-10-6-8-12-26-19-15-24(4-2)16-20-26/h1-2,13-20H,5-12,21-22H2. The van der Waals surface area contributed by atoms with Crippen LogP contribution in [-0.2, 0) is 17.6 Å². The highest BCUT2D eigenvalue weighted by molar-refractivity contribution is 5.34. The zero-order chi connectivity index (χ0) is 19.2. The maximum Gasteiger partial charge on any atom is 0.0466 e. The zero-order valence-corrected chi connectivity index (χ0v) is 16.3. The van der Waals surface area contributed by atoms with Gasteiger partial charge >= 0.3 is 0 Å². The molecule has 0 spiro atoms. The van der Waals surface area contributed by atoms with Gasteiger partial charge in [-0.05, 0) is 73.9 Å². The zero-order valence-electron chi connectivity index (χ0n) is 16.3. The van der Waals surface area contributed by atoms with Gasteiger partial charge in [0.15, 0.2) is 0 Å². The Kier molecular flexibility index (Phi) is 9.88. The smallest absolute Gasteiger partial charge is 0.0466 e. The number of hydrogen-bond donors (Lipinski definition) is 0. The van der Waals surface area contributed by atoms with Crippen LogP contribution in [0.1, 0.15) is 60.8 Å². The van der Waals surface area contributed by atoms with Crippen LogP contribution in [0, 0.1) is 24.7 Å². The van der Waals surface area contributed by atoms with Gasteiger partial charge in [-0.25, -0.2) is 0 Å². The summed E-state index contributed by atoms with van der Waals surface area (Å²) in [6.07, 6.45) is 20.1. The van der Waals surface area contributed by atoms with Gasteiger partial charge in [0.2, 0.25) is 0 Å². The van der Waals surface area contributed by atoms with Crippen molar-refractivity contribution in [3.8, 4) is 24.7 Å². The minimum absolute atomic E-state index is 0.879. The van der Waals surface area contributed by atoms with Gasteiger partial charge in [0, 0.05) is 24.3 Å². The van der Waals surface area contributed by atoms with Crippen LogP contribution >= 0.6 is 0 Å². The topological polar surface area (TPSA) is 9.23 Å². The molecule has 0 aromatic heterocycles. The third-order valence-electron chi connectivity index (χ3n) is 4.75. The Balaban J connectivity index is 1.40. The molecule has 0 N–H and O–H groups in total. The van der Waals surface area contributed by atoms with Crippen LogP contribution in [0.4, 0.5) is 0 Å². The molecule has 0 aliphatic heterocycles. The molecular formula is C26H30O. The molecule has 27 heavy (non-hydrogen) atoms. The molecule has 0 amide bonds. The van der Waals surface area contributed by atoms with Gasteiger partial charge in [0.05, 0.1) is 0 Å². The van der Waals surface area contributed by atoms with Crippen LogP contribution in [0.25, 0.3) is 0 Å². The first-order valence-corrected chi connectivity index (χ1v) is 10.0. The summed E-state index contributed by atoms with van der Waals surface area (Å²) in [4.78, 5) is 0. The van der Waals surface area contributed by atoms with E-state index in [1.165, 1.54) is 36.8 Å². The largest absolute Gasteiger partial charge is 0.381 e. The summed E-state index contributed by atoms with van der Waals surface area (Å²) in [5.74, 6) is 5.30. The number of aryl methyl sites for hydroxylation is 2. The molecule has 0 fully saturated rings. The van der Waals surface area contributed by atoms with Crippen molar-refractivity contribution < 1.29 is 4.74 Å². The van der Waals surface area contributed by atoms with Crippen molar-refractivity contribution in [3.05, 3.63) is 70.8 Å². The lowest BCUT2D eigenvalue weighted by atomic mass is 10.1. The van der Waals surface area contributed by atoms with Crippen molar-refractivity contribution in [1.82, 2.24) is 0 Å². The van der Waals surface area contributed by atoms with E-state index in [-0.39, 0.29) is 0 Å². The Hall–Kier alpha value is -2.48. The quantitative estimate of drug-likeness (QED) is 0.344. The lowest BCUT2D eigenvalue weighted by Gasteiger charge is -2.05. The highest BCUT2D eigenvalue weighted by atomic mass is 16.5. The summed E-state index contributed by atoms with van der Waals surface area (Å²) in [5.41, 5.74) is 4.63. The molecule has 1 heteroatoms. The molecule has 0 atom stereocenters. The average molecular weight is 359 g/mol. The molecule has 0 bridgehead atoms. The lowest BCUT2D eigenvalue weighted by molar-refractivity contribution is 0.126. The Labute approximate surface area is 165 Å². The van der Waals surface area contributed by atoms with Crippen molar-refractivity contribution >= 4 is 0 Å². The van der Waals surface area contributed by atoms with Crippen LogP contribution in [0.15, 0.2) is 48.5 Å². The van der Waals surface area contributed by atoms with Crippen molar-refractivity contribution in [2.45, 2.75) is 51.4 Å². The molecule has 2 aromatic rings. The van der Waals surface area contributed by atoms with E-state index >= 15 is 0 Å². The van der Waals surface area contributed by atoms with Crippen LogP contribution in [0.5, 0.6) is 0 Å². The van der Waals surface area contributed by atoms with Crippen LogP contribution < -0.4 is 0 Å². The third kappa shape index (κ3) is 8.63. The van der Waals surface area contributed by atoms with E-state index < -0.39 is 0 Å². The van der Waals surface area contributed by atoms with Gasteiger partial charge in [0.25, 0.3) is 0 Å². The Morgan fingerprint density at radius 3 is 1.33 bits per heavy atom. The highest BCUT2D eigenvalue weighted by Gasteiger charge is 1.97. The summed E-state index contributed by atoms with van der Waals surface area (Å²) in [5, 5.41) is 0. The second-order valence-electron chi connectivity index (χ2n) is 6.92. The van der Waals surface area contributed by atoms with Crippen LogP contribution in [0.2, 0.25) is 0 Å². The average Bonchev–Trinajstić information content (AvgIpc) is 2.73. The molecular weight excluding hydrogens is 328 g/mol. The van der Waals surface area contributed by atoms with Crippen molar-refractivity contribution in [3.63, 3.8) is 0 Å². The molecule has 0 aliphatic carbocycles. The number of unbranched alkanes of at least 4 members (excludes halogenated alkanes) is 4. The van der Waals surface area contributed by atoms with Crippen molar-refractivity contribution in [1.29, 1.82) is 0 Å². The monoisotopic (exact) mass is 358 g/mol. The van der Waals surface area contributed by atoms with E-state index in [1.54, 1.807) is 0 Å². The summed E-state index contributed by atoms with van der Waals surface area (Å²) >= 11 is 0. The fourth-order valence-electron chi connectivity index (χ4n) is 3.06. The first kappa shape index (κ1) is 20.8. The third-order valence-corrected chi connectivity index (χ3v) is 4.75.